The van der Waals surface area contributed by atoms with Crippen LogP contribution in [0.1, 0.15) is 15.4 Å². The highest BCUT2D eigenvalue weighted by atomic mass is 32.1. The third-order valence-electron chi connectivity index (χ3n) is 2.92. The predicted octanol–water partition coefficient (Wildman–Crippen LogP) is 2.30. The van der Waals surface area contributed by atoms with Crippen molar-refractivity contribution in [3.8, 4) is 0 Å². The zero-order valence-electron chi connectivity index (χ0n) is 11.3. The summed E-state index contributed by atoms with van der Waals surface area (Å²) in [6, 6.07) is 1.99. The molecule has 0 saturated heterocycles. The largest absolute Gasteiger partial charge is 0.368 e. The molecule has 6 nitrogen and oxygen atoms in total. The van der Waals surface area contributed by atoms with Crippen LogP contribution in [0.15, 0.2) is 23.3 Å². The van der Waals surface area contributed by atoms with Crippen LogP contribution in [0.25, 0.3) is 10.2 Å². The van der Waals surface area contributed by atoms with Crippen LogP contribution in [0.2, 0.25) is 0 Å². The van der Waals surface area contributed by atoms with Crippen LogP contribution in [-0.4, -0.2) is 33.9 Å². The molecule has 0 fully saturated rings. The summed E-state index contributed by atoms with van der Waals surface area (Å²) in [5.74, 6) is 0.713. The number of hydrogen-bond donors (Lipinski definition) is 2. The molecule has 2 N–H and O–H groups in total. The third kappa shape index (κ3) is 3.01. The van der Waals surface area contributed by atoms with Gasteiger partial charge in [-0.3, -0.25) is 4.79 Å². The minimum absolute atomic E-state index is 0.0832. The quantitative estimate of drug-likeness (QED) is 0.705. The Bertz CT molecular complexity index is 767. The molecule has 0 aliphatic carbocycles. The summed E-state index contributed by atoms with van der Waals surface area (Å²) in [6.45, 7) is 2.95. The topological polar surface area (TPSA) is 79.8 Å². The number of rotatable bonds is 5. The standard InChI is InChI=1S/C13H13N5OS2/c1-8-10(21-7-18-8)12(19)15-4-3-14-11-9-2-5-20-13(9)17-6-16-11/h2,5-7H,3-4H2,1H3,(H,15,19)(H,14,16,17). The van der Waals surface area contributed by atoms with Crippen LogP contribution in [0.3, 0.4) is 0 Å². The van der Waals surface area contributed by atoms with Crippen molar-refractivity contribution in [1.82, 2.24) is 20.3 Å². The summed E-state index contributed by atoms with van der Waals surface area (Å²) >= 11 is 2.93. The van der Waals surface area contributed by atoms with E-state index in [4.69, 9.17) is 0 Å². The summed E-state index contributed by atoms with van der Waals surface area (Å²) in [4.78, 5) is 26.0. The Labute approximate surface area is 129 Å². The lowest BCUT2D eigenvalue weighted by molar-refractivity contribution is 0.0958. The normalized spacial score (nSPS) is 10.7. The highest BCUT2D eigenvalue weighted by Crippen LogP contribution is 2.23. The first-order chi connectivity index (χ1) is 10.3. The molecule has 0 atom stereocenters. The fraction of sp³-hybridized carbons (Fsp3) is 0.231. The number of thiazole rings is 1. The van der Waals surface area contributed by atoms with Crippen LogP contribution in [0, 0.1) is 6.92 Å². The number of fused-ring (bicyclic) bond motifs is 1. The molecule has 0 aliphatic heterocycles. The van der Waals surface area contributed by atoms with Gasteiger partial charge < -0.3 is 10.6 Å². The SMILES string of the molecule is Cc1ncsc1C(=O)NCCNc1ncnc2sccc12. The van der Waals surface area contributed by atoms with Crippen molar-refractivity contribution in [1.29, 1.82) is 0 Å². The van der Waals surface area contributed by atoms with Gasteiger partial charge in [0.2, 0.25) is 0 Å². The van der Waals surface area contributed by atoms with Gasteiger partial charge in [0.1, 0.15) is 21.9 Å². The maximum Gasteiger partial charge on any atom is 0.263 e. The number of carbonyl (C=O) groups excluding carboxylic acids is 1. The molecule has 8 heteroatoms. The Hall–Kier alpha value is -2.06. The molecule has 108 valence electrons. The number of aryl methyl sites for hydroxylation is 1. The number of aromatic nitrogens is 3. The van der Waals surface area contributed by atoms with Gasteiger partial charge in [-0.1, -0.05) is 0 Å². The summed E-state index contributed by atoms with van der Waals surface area (Å²) < 4.78 is 0. The van der Waals surface area contributed by atoms with E-state index in [2.05, 4.69) is 25.6 Å². The van der Waals surface area contributed by atoms with E-state index in [0.717, 1.165) is 21.7 Å². The average molecular weight is 319 g/mol. The number of thiophene rings is 1. The van der Waals surface area contributed by atoms with E-state index < -0.39 is 0 Å². The zero-order chi connectivity index (χ0) is 14.7. The smallest absolute Gasteiger partial charge is 0.263 e. The van der Waals surface area contributed by atoms with Crippen LogP contribution >= 0.6 is 22.7 Å². The Kier molecular flexibility index (Phi) is 4.07. The number of anilines is 1. The highest BCUT2D eigenvalue weighted by Gasteiger charge is 2.10. The van der Waals surface area contributed by atoms with Gasteiger partial charge in [-0.15, -0.1) is 22.7 Å². The lowest BCUT2D eigenvalue weighted by Crippen LogP contribution is -2.28. The number of nitrogens with one attached hydrogen (secondary N) is 2. The minimum atomic E-state index is -0.0832. The second kappa shape index (κ2) is 6.15. The van der Waals surface area contributed by atoms with Gasteiger partial charge in [-0.05, 0) is 18.4 Å². The van der Waals surface area contributed by atoms with Crippen LogP contribution < -0.4 is 10.6 Å². The highest BCUT2D eigenvalue weighted by molar-refractivity contribution is 7.16. The van der Waals surface area contributed by atoms with Gasteiger partial charge in [0.15, 0.2) is 0 Å². The Balaban J connectivity index is 1.54. The fourth-order valence-electron chi connectivity index (χ4n) is 1.89. The molecule has 3 heterocycles. The maximum atomic E-state index is 11.9. The van der Waals surface area contributed by atoms with E-state index in [1.165, 1.54) is 11.3 Å². The van der Waals surface area contributed by atoms with Gasteiger partial charge in [0.05, 0.1) is 16.6 Å². The molecule has 0 bridgehead atoms. The lowest BCUT2D eigenvalue weighted by Gasteiger charge is -2.07. The first kappa shape index (κ1) is 13.9. The zero-order valence-corrected chi connectivity index (χ0v) is 12.9. The van der Waals surface area contributed by atoms with Crippen molar-refractivity contribution in [3.05, 3.63) is 33.9 Å². The first-order valence-electron chi connectivity index (χ1n) is 6.36. The van der Waals surface area contributed by atoms with Crippen molar-refractivity contribution in [2.75, 3.05) is 18.4 Å². The second-order valence-electron chi connectivity index (χ2n) is 4.31. The number of carbonyl (C=O) groups is 1. The molecule has 0 aliphatic rings. The fourth-order valence-corrected chi connectivity index (χ4v) is 3.34. The van der Waals surface area contributed by atoms with Crippen LogP contribution in [0.5, 0.6) is 0 Å². The van der Waals surface area contributed by atoms with E-state index in [1.54, 1.807) is 23.2 Å². The Morgan fingerprint density at radius 2 is 2.14 bits per heavy atom. The molecular formula is C13H13N5OS2. The average Bonchev–Trinajstić information content (AvgIpc) is 3.12. The monoisotopic (exact) mass is 319 g/mol. The van der Waals surface area contributed by atoms with Crippen molar-refractivity contribution in [2.24, 2.45) is 0 Å². The van der Waals surface area contributed by atoms with E-state index in [0.29, 0.717) is 18.0 Å². The molecule has 0 unspecified atom stereocenters. The summed E-state index contributed by atoms with van der Waals surface area (Å²) in [5.41, 5.74) is 2.44. The second-order valence-corrected chi connectivity index (χ2v) is 6.06. The molecule has 0 radical (unpaired) electrons. The first-order valence-corrected chi connectivity index (χ1v) is 8.12. The van der Waals surface area contributed by atoms with Gasteiger partial charge in [0.25, 0.3) is 5.91 Å². The lowest BCUT2D eigenvalue weighted by atomic mass is 10.3. The van der Waals surface area contributed by atoms with Gasteiger partial charge in [-0.2, -0.15) is 0 Å². The molecule has 3 aromatic heterocycles. The van der Waals surface area contributed by atoms with E-state index in [9.17, 15) is 4.79 Å². The van der Waals surface area contributed by atoms with Crippen molar-refractivity contribution < 1.29 is 4.79 Å². The number of nitrogens with zero attached hydrogens (tertiary/aromatic N) is 3. The predicted molar refractivity (Wildman–Crippen MR) is 85.1 cm³/mol. The van der Waals surface area contributed by atoms with Gasteiger partial charge in [0, 0.05) is 13.1 Å². The Morgan fingerprint density at radius 1 is 1.24 bits per heavy atom. The van der Waals surface area contributed by atoms with Crippen molar-refractivity contribution >= 4 is 44.6 Å². The van der Waals surface area contributed by atoms with E-state index in [1.807, 2.05) is 18.4 Å². The minimum Gasteiger partial charge on any atom is -0.368 e. The molecule has 21 heavy (non-hydrogen) atoms. The summed E-state index contributed by atoms with van der Waals surface area (Å²) in [5, 5.41) is 9.08. The van der Waals surface area contributed by atoms with Crippen molar-refractivity contribution in [2.45, 2.75) is 6.92 Å². The number of amides is 1. The van der Waals surface area contributed by atoms with Gasteiger partial charge in [-0.25, -0.2) is 15.0 Å². The molecule has 0 spiro atoms. The molecule has 0 aromatic carbocycles. The van der Waals surface area contributed by atoms with Crippen LogP contribution in [0.4, 0.5) is 5.82 Å². The summed E-state index contributed by atoms with van der Waals surface area (Å²) in [7, 11) is 0. The number of hydrogen-bond acceptors (Lipinski definition) is 7. The Morgan fingerprint density at radius 3 is 2.95 bits per heavy atom. The van der Waals surface area contributed by atoms with E-state index >= 15 is 0 Å². The van der Waals surface area contributed by atoms with Gasteiger partial charge >= 0.3 is 0 Å². The van der Waals surface area contributed by atoms with Crippen LogP contribution in [-0.2, 0) is 0 Å². The molecule has 3 rings (SSSR count). The molecule has 0 saturated carbocycles. The van der Waals surface area contributed by atoms with E-state index in [-0.39, 0.29) is 5.91 Å². The summed E-state index contributed by atoms with van der Waals surface area (Å²) in [6.07, 6.45) is 1.54. The third-order valence-corrected chi connectivity index (χ3v) is 4.66. The molecule has 3 aromatic rings. The van der Waals surface area contributed by atoms with Crippen molar-refractivity contribution in [3.63, 3.8) is 0 Å². The molecule has 1 amide bonds. The molecular weight excluding hydrogens is 306 g/mol. The maximum absolute atomic E-state index is 11.9.